The Hall–Kier alpha value is -3.60. The number of ether oxygens (including phenoxy) is 1. The number of rotatable bonds is 4. The van der Waals surface area contributed by atoms with E-state index in [4.69, 9.17) is 9.15 Å². The fourth-order valence-corrected chi connectivity index (χ4v) is 3.98. The van der Waals surface area contributed by atoms with Crippen LogP contribution in [0.1, 0.15) is 22.4 Å². The number of oxazole rings is 1. The molecule has 0 aliphatic heterocycles. The zero-order valence-electron chi connectivity index (χ0n) is 15.4. The summed E-state index contributed by atoms with van der Waals surface area (Å²) >= 11 is 0. The topological polar surface area (TPSA) is 63.9 Å². The third kappa shape index (κ3) is 2.55. The number of aromatic nitrogens is 3. The van der Waals surface area contributed by atoms with E-state index in [0.29, 0.717) is 5.76 Å². The fourth-order valence-electron chi connectivity index (χ4n) is 3.98. The molecule has 0 fully saturated rings. The van der Waals surface area contributed by atoms with Crippen molar-refractivity contribution in [3.05, 3.63) is 95.6 Å². The van der Waals surface area contributed by atoms with Crippen LogP contribution in [0.5, 0.6) is 5.75 Å². The molecule has 5 nitrogen and oxygen atoms in total. The van der Waals surface area contributed by atoms with Gasteiger partial charge >= 0.3 is 0 Å². The number of nitrogens with zero attached hydrogens (tertiary/aromatic N) is 2. The van der Waals surface area contributed by atoms with E-state index in [1.165, 1.54) is 17.5 Å². The summed E-state index contributed by atoms with van der Waals surface area (Å²) in [5.41, 5.74) is 4.99. The first-order valence-electron chi connectivity index (χ1n) is 9.15. The van der Waals surface area contributed by atoms with Crippen molar-refractivity contribution in [1.29, 1.82) is 0 Å². The number of fused-ring (bicyclic) bond motifs is 1. The van der Waals surface area contributed by atoms with Crippen molar-refractivity contribution in [3.63, 3.8) is 0 Å². The maximum Gasteiger partial charge on any atom is 0.181 e. The van der Waals surface area contributed by atoms with Crippen molar-refractivity contribution in [2.45, 2.75) is 11.8 Å². The maximum atomic E-state index is 5.49. The lowest BCUT2D eigenvalue weighted by molar-refractivity contribution is 0.413. The Kier molecular flexibility index (Phi) is 3.86. The summed E-state index contributed by atoms with van der Waals surface area (Å²) in [5.74, 6) is 1.51. The molecule has 0 amide bonds. The molecule has 0 radical (unpaired) electrons. The lowest BCUT2D eigenvalue weighted by Crippen LogP contribution is -2.30. The molecule has 0 bridgehead atoms. The molecular weight excluding hydrogens is 350 g/mol. The molecule has 1 N–H and O–H groups in total. The van der Waals surface area contributed by atoms with Gasteiger partial charge in [0.25, 0.3) is 0 Å². The summed E-state index contributed by atoms with van der Waals surface area (Å²) in [6.07, 6.45) is 8.26. The molecule has 1 aliphatic carbocycles. The molecule has 0 saturated carbocycles. The second kappa shape index (κ2) is 6.53. The molecule has 1 unspecified atom stereocenters. The summed E-state index contributed by atoms with van der Waals surface area (Å²) in [7, 11) is 1.70. The zero-order chi connectivity index (χ0) is 19.0. The van der Waals surface area contributed by atoms with Crippen molar-refractivity contribution < 1.29 is 9.15 Å². The number of benzene rings is 2. The first-order chi connectivity index (χ1) is 13.8. The lowest BCUT2D eigenvalue weighted by atomic mass is 9.68. The number of aromatic amines is 1. The van der Waals surface area contributed by atoms with Crippen molar-refractivity contribution in [2.75, 3.05) is 7.11 Å². The van der Waals surface area contributed by atoms with Crippen molar-refractivity contribution >= 4 is 6.08 Å². The highest BCUT2D eigenvalue weighted by Crippen LogP contribution is 2.43. The summed E-state index contributed by atoms with van der Waals surface area (Å²) in [5, 5.41) is 7.71. The van der Waals surface area contributed by atoms with Crippen LogP contribution in [0, 0.1) is 0 Å². The number of hydrogen-bond donors (Lipinski definition) is 1. The predicted octanol–water partition coefficient (Wildman–Crippen LogP) is 4.63. The average molecular weight is 369 g/mol. The predicted molar refractivity (Wildman–Crippen MR) is 107 cm³/mol. The number of methoxy groups -OCH3 is 1. The van der Waals surface area contributed by atoms with Crippen molar-refractivity contribution in [1.82, 2.24) is 15.2 Å². The first-order valence-corrected chi connectivity index (χ1v) is 9.15. The van der Waals surface area contributed by atoms with E-state index in [2.05, 4.69) is 63.7 Å². The van der Waals surface area contributed by atoms with Gasteiger partial charge in [-0.05, 0) is 23.3 Å². The van der Waals surface area contributed by atoms with E-state index < -0.39 is 0 Å². The first kappa shape index (κ1) is 16.6. The summed E-state index contributed by atoms with van der Waals surface area (Å²) in [4.78, 5) is 4.01. The van der Waals surface area contributed by atoms with Crippen molar-refractivity contribution in [2.24, 2.45) is 0 Å². The second-order valence-electron chi connectivity index (χ2n) is 6.91. The minimum Gasteiger partial charge on any atom is -0.497 e. The minimum absolute atomic E-state index is 0.311. The lowest BCUT2D eigenvalue weighted by Gasteiger charge is -2.34. The summed E-state index contributed by atoms with van der Waals surface area (Å²) in [6, 6.07) is 18.8. The Morgan fingerprint density at radius 1 is 1.07 bits per heavy atom. The smallest absolute Gasteiger partial charge is 0.181 e. The van der Waals surface area contributed by atoms with Crippen LogP contribution in [0.15, 0.2) is 77.7 Å². The normalized spacial score (nSPS) is 18.0. The van der Waals surface area contributed by atoms with Crippen LogP contribution in [0.25, 0.3) is 17.5 Å². The standard InChI is InChI=1S/C23H19N3O2/c1-27-18-9-5-8-17(12-18)23(16-6-3-2-4-7-16)11-10-19-20(13-23)25-26-22(19)21-14-24-15-28-21/h2-12,14-15H,13H2,1H3,(H,25,26). The Bertz CT molecular complexity index is 1130. The van der Waals surface area contributed by atoms with Gasteiger partial charge in [-0.15, -0.1) is 0 Å². The van der Waals surface area contributed by atoms with Crippen molar-refractivity contribution in [3.8, 4) is 17.2 Å². The van der Waals surface area contributed by atoms with Gasteiger partial charge < -0.3 is 9.15 Å². The quantitative estimate of drug-likeness (QED) is 0.570. The minimum atomic E-state index is -0.311. The third-order valence-corrected chi connectivity index (χ3v) is 5.41. The molecule has 5 rings (SSSR count). The molecule has 0 spiro atoms. The molecule has 0 saturated heterocycles. The van der Waals surface area contributed by atoms with Gasteiger partial charge in [0.1, 0.15) is 11.4 Å². The number of hydrogen-bond acceptors (Lipinski definition) is 4. The molecule has 28 heavy (non-hydrogen) atoms. The molecular formula is C23H19N3O2. The van der Waals surface area contributed by atoms with Crippen LogP contribution in [-0.4, -0.2) is 22.3 Å². The van der Waals surface area contributed by atoms with Crippen LogP contribution >= 0.6 is 0 Å². The van der Waals surface area contributed by atoms with E-state index in [-0.39, 0.29) is 5.41 Å². The highest BCUT2D eigenvalue weighted by atomic mass is 16.5. The maximum absolute atomic E-state index is 5.49. The van der Waals surface area contributed by atoms with E-state index in [1.54, 1.807) is 13.3 Å². The molecule has 2 aromatic carbocycles. The highest BCUT2D eigenvalue weighted by molar-refractivity contribution is 5.74. The largest absolute Gasteiger partial charge is 0.497 e. The fraction of sp³-hybridized carbons (Fsp3) is 0.130. The Labute approximate surface area is 162 Å². The number of H-pyrrole nitrogens is 1. The molecule has 4 aromatic rings. The van der Waals surface area contributed by atoms with Crippen LogP contribution in [0.2, 0.25) is 0 Å². The highest BCUT2D eigenvalue weighted by Gasteiger charge is 2.37. The van der Waals surface area contributed by atoms with Crippen LogP contribution in [0.4, 0.5) is 0 Å². The molecule has 1 aliphatic rings. The van der Waals surface area contributed by atoms with Crippen LogP contribution < -0.4 is 4.74 Å². The van der Waals surface area contributed by atoms with Gasteiger partial charge in [-0.1, -0.05) is 54.6 Å². The van der Waals surface area contributed by atoms with Gasteiger partial charge in [0.15, 0.2) is 12.2 Å². The van der Waals surface area contributed by atoms with E-state index in [9.17, 15) is 0 Å². The molecule has 2 aromatic heterocycles. The van der Waals surface area contributed by atoms with E-state index >= 15 is 0 Å². The van der Waals surface area contributed by atoms with Gasteiger partial charge in [0.05, 0.1) is 13.3 Å². The van der Waals surface area contributed by atoms with Crippen LogP contribution in [0.3, 0.4) is 0 Å². The zero-order valence-corrected chi connectivity index (χ0v) is 15.4. The molecule has 2 heterocycles. The average Bonchev–Trinajstić information content (AvgIpc) is 3.43. The third-order valence-electron chi connectivity index (χ3n) is 5.41. The summed E-state index contributed by atoms with van der Waals surface area (Å²) in [6.45, 7) is 0. The Balaban J connectivity index is 1.67. The van der Waals surface area contributed by atoms with Gasteiger partial charge in [0.2, 0.25) is 0 Å². The number of allylic oxidation sites excluding steroid dienone is 1. The van der Waals surface area contributed by atoms with Gasteiger partial charge in [0, 0.05) is 23.1 Å². The number of nitrogens with one attached hydrogen (secondary N) is 1. The SMILES string of the molecule is COc1cccc(C2(c3ccccc3)C=Cc3c(-c4cnco4)n[nH]c3C2)c1. The van der Waals surface area contributed by atoms with E-state index in [0.717, 1.165) is 29.1 Å². The van der Waals surface area contributed by atoms with Gasteiger partial charge in [-0.3, -0.25) is 5.10 Å². The second-order valence-corrected chi connectivity index (χ2v) is 6.91. The van der Waals surface area contributed by atoms with E-state index in [1.807, 2.05) is 18.2 Å². The summed E-state index contributed by atoms with van der Waals surface area (Å²) < 4.78 is 10.9. The Morgan fingerprint density at radius 2 is 1.93 bits per heavy atom. The molecule has 5 heteroatoms. The van der Waals surface area contributed by atoms with Gasteiger partial charge in [-0.2, -0.15) is 5.10 Å². The molecule has 138 valence electrons. The van der Waals surface area contributed by atoms with Gasteiger partial charge in [-0.25, -0.2) is 4.98 Å². The Morgan fingerprint density at radius 3 is 2.71 bits per heavy atom. The van der Waals surface area contributed by atoms with Crippen LogP contribution in [-0.2, 0) is 11.8 Å². The molecule has 1 atom stereocenters. The monoisotopic (exact) mass is 369 g/mol.